The molecule has 0 saturated carbocycles. The number of unbranched alkanes of at least 4 members (excludes halogenated alkanes) is 2. The van der Waals surface area contributed by atoms with Gasteiger partial charge in [0.15, 0.2) is 0 Å². The van der Waals surface area contributed by atoms with Gasteiger partial charge in [-0.2, -0.15) is 0 Å². The molecule has 0 radical (unpaired) electrons. The van der Waals surface area contributed by atoms with Crippen molar-refractivity contribution in [1.82, 2.24) is 0 Å². The SMILES string of the molecule is CCCCc1cc(N)ccc1NC(=O)c1cccc(C(=O)Nc2ccc(N)cc2CCCC)c1. The van der Waals surface area contributed by atoms with E-state index in [1.165, 1.54) is 0 Å². The monoisotopic (exact) mass is 458 g/mol. The third-order valence-electron chi connectivity index (χ3n) is 5.74. The number of rotatable bonds is 10. The fourth-order valence-corrected chi connectivity index (χ4v) is 3.81. The van der Waals surface area contributed by atoms with Crippen molar-refractivity contribution in [3.05, 3.63) is 82.9 Å². The zero-order valence-corrected chi connectivity index (χ0v) is 20.0. The van der Waals surface area contributed by atoms with Crippen molar-refractivity contribution in [3.8, 4) is 0 Å². The Hall–Kier alpha value is -3.80. The van der Waals surface area contributed by atoms with Crippen LogP contribution in [0.2, 0.25) is 0 Å². The molecule has 2 amide bonds. The van der Waals surface area contributed by atoms with E-state index >= 15 is 0 Å². The average molecular weight is 459 g/mol. The molecule has 3 rings (SSSR count). The van der Waals surface area contributed by atoms with Crippen molar-refractivity contribution in [3.63, 3.8) is 0 Å². The Morgan fingerprint density at radius 1 is 0.676 bits per heavy atom. The van der Waals surface area contributed by atoms with Gasteiger partial charge in [0, 0.05) is 33.9 Å². The maximum atomic E-state index is 13.0. The minimum atomic E-state index is -0.270. The first-order valence-corrected chi connectivity index (χ1v) is 11.9. The van der Waals surface area contributed by atoms with E-state index in [1.807, 2.05) is 24.3 Å². The molecule has 0 unspecified atom stereocenters. The normalized spacial score (nSPS) is 10.6. The lowest BCUT2D eigenvalue weighted by Crippen LogP contribution is -2.17. The van der Waals surface area contributed by atoms with Crippen molar-refractivity contribution >= 4 is 34.6 Å². The van der Waals surface area contributed by atoms with Crippen LogP contribution in [0.25, 0.3) is 0 Å². The smallest absolute Gasteiger partial charge is 0.255 e. The fraction of sp³-hybridized carbons (Fsp3) is 0.286. The molecule has 6 nitrogen and oxygen atoms in total. The van der Waals surface area contributed by atoms with Gasteiger partial charge in [0.05, 0.1) is 0 Å². The summed E-state index contributed by atoms with van der Waals surface area (Å²) in [5.41, 5.74) is 17.5. The summed E-state index contributed by atoms with van der Waals surface area (Å²) in [6.45, 7) is 4.25. The number of hydrogen-bond acceptors (Lipinski definition) is 4. The minimum absolute atomic E-state index is 0.270. The molecule has 0 aliphatic carbocycles. The molecule has 0 aliphatic heterocycles. The number of carbonyl (C=O) groups is 2. The van der Waals surface area contributed by atoms with Crippen LogP contribution in [0.1, 0.15) is 71.4 Å². The van der Waals surface area contributed by atoms with Gasteiger partial charge in [0.1, 0.15) is 0 Å². The second kappa shape index (κ2) is 11.9. The third-order valence-corrected chi connectivity index (χ3v) is 5.74. The van der Waals surface area contributed by atoms with Crippen molar-refractivity contribution in [2.75, 3.05) is 22.1 Å². The molecule has 0 heterocycles. The second-order valence-corrected chi connectivity index (χ2v) is 8.53. The molecule has 0 aromatic heterocycles. The van der Waals surface area contributed by atoms with Gasteiger partial charge in [-0.3, -0.25) is 9.59 Å². The molecule has 6 N–H and O–H groups in total. The van der Waals surface area contributed by atoms with E-state index in [-0.39, 0.29) is 11.8 Å². The third kappa shape index (κ3) is 6.61. The van der Waals surface area contributed by atoms with Crippen LogP contribution in [-0.2, 0) is 12.8 Å². The van der Waals surface area contributed by atoms with Crippen LogP contribution in [0.5, 0.6) is 0 Å². The zero-order valence-electron chi connectivity index (χ0n) is 20.0. The fourth-order valence-electron chi connectivity index (χ4n) is 3.81. The topological polar surface area (TPSA) is 110 Å². The molecule has 6 heteroatoms. The first kappa shape index (κ1) is 24.8. The van der Waals surface area contributed by atoms with Crippen molar-refractivity contribution in [2.24, 2.45) is 0 Å². The summed E-state index contributed by atoms with van der Waals surface area (Å²) in [6.07, 6.45) is 5.78. The van der Waals surface area contributed by atoms with Gasteiger partial charge in [-0.15, -0.1) is 0 Å². The molecule has 0 bridgehead atoms. The van der Waals surface area contributed by atoms with E-state index in [0.29, 0.717) is 22.5 Å². The van der Waals surface area contributed by atoms with Gasteiger partial charge in [-0.25, -0.2) is 0 Å². The highest BCUT2D eigenvalue weighted by atomic mass is 16.2. The number of aryl methyl sites for hydroxylation is 2. The second-order valence-electron chi connectivity index (χ2n) is 8.53. The molecule has 0 fully saturated rings. The lowest BCUT2D eigenvalue weighted by Gasteiger charge is -2.14. The Kier molecular flexibility index (Phi) is 8.68. The first-order chi connectivity index (χ1) is 16.4. The largest absolute Gasteiger partial charge is 0.399 e. The maximum Gasteiger partial charge on any atom is 0.255 e. The highest BCUT2D eigenvalue weighted by Gasteiger charge is 2.14. The van der Waals surface area contributed by atoms with Crippen LogP contribution >= 0.6 is 0 Å². The van der Waals surface area contributed by atoms with E-state index in [1.54, 1.807) is 36.4 Å². The predicted octanol–water partition coefficient (Wildman–Crippen LogP) is 6.04. The van der Waals surface area contributed by atoms with E-state index < -0.39 is 0 Å². The number of carbonyl (C=O) groups excluding carboxylic acids is 2. The summed E-state index contributed by atoms with van der Waals surface area (Å²) >= 11 is 0. The molecule has 3 aromatic rings. The minimum Gasteiger partial charge on any atom is -0.399 e. The molecule has 0 aliphatic rings. The predicted molar refractivity (Wildman–Crippen MR) is 141 cm³/mol. The van der Waals surface area contributed by atoms with Crippen LogP contribution in [-0.4, -0.2) is 11.8 Å². The Morgan fingerprint density at radius 2 is 1.12 bits per heavy atom. The Labute approximate surface area is 201 Å². The van der Waals surface area contributed by atoms with Gasteiger partial charge in [0.25, 0.3) is 11.8 Å². The maximum absolute atomic E-state index is 13.0. The molecule has 0 spiro atoms. The van der Waals surface area contributed by atoms with Gasteiger partial charge in [-0.05, 0) is 91.4 Å². The average Bonchev–Trinajstić information content (AvgIpc) is 2.84. The number of nitrogens with one attached hydrogen (secondary N) is 2. The molecular formula is C28H34N4O2. The Morgan fingerprint density at radius 3 is 1.53 bits per heavy atom. The number of nitrogen functional groups attached to an aromatic ring is 2. The van der Waals surface area contributed by atoms with Crippen LogP contribution in [0.3, 0.4) is 0 Å². The quantitative estimate of drug-likeness (QED) is 0.278. The molecule has 0 saturated heterocycles. The number of nitrogens with two attached hydrogens (primary N) is 2. The summed E-state index contributed by atoms with van der Waals surface area (Å²) in [7, 11) is 0. The molecular weight excluding hydrogens is 424 g/mol. The lowest BCUT2D eigenvalue weighted by molar-refractivity contribution is 0.102. The number of hydrogen-bond donors (Lipinski definition) is 4. The Balaban J connectivity index is 1.76. The van der Waals surface area contributed by atoms with Crippen LogP contribution in [0, 0.1) is 0 Å². The van der Waals surface area contributed by atoms with E-state index in [0.717, 1.165) is 61.0 Å². The van der Waals surface area contributed by atoms with Crippen molar-refractivity contribution < 1.29 is 9.59 Å². The number of anilines is 4. The standard InChI is InChI=1S/C28H34N4O2/c1-3-5-8-19-17-23(29)12-14-25(19)31-27(33)21-10-7-11-22(16-21)28(34)32-26-15-13-24(30)18-20(26)9-6-4-2/h7,10-18H,3-6,8-9,29-30H2,1-2H3,(H,31,33)(H,32,34). The van der Waals surface area contributed by atoms with E-state index in [9.17, 15) is 9.59 Å². The molecule has 3 aromatic carbocycles. The highest BCUT2D eigenvalue weighted by molar-refractivity contribution is 6.09. The summed E-state index contributed by atoms with van der Waals surface area (Å²) in [5.74, 6) is -0.540. The van der Waals surface area contributed by atoms with Crippen molar-refractivity contribution in [2.45, 2.75) is 52.4 Å². The van der Waals surface area contributed by atoms with Gasteiger partial charge in [0.2, 0.25) is 0 Å². The van der Waals surface area contributed by atoms with Gasteiger partial charge in [-0.1, -0.05) is 32.8 Å². The van der Waals surface area contributed by atoms with E-state index in [2.05, 4.69) is 24.5 Å². The summed E-state index contributed by atoms with van der Waals surface area (Å²) in [4.78, 5) is 26.0. The van der Waals surface area contributed by atoms with Crippen LogP contribution < -0.4 is 22.1 Å². The number of amides is 2. The van der Waals surface area contributed by atoms with Gasteiger partial charge < -0.3 is 22.1 Å². The number of benzene rings is 3. The van der Waals surface area contributed by atoms with E-state index in [4.69, 9.17) is 11.5 Å². The molecule has 34 heavy (non-hydrogen) atoms. The molecule has 0 atom stereocenters. The zero-order chi connectivity index (χ0) is 24.5. The summed E-state index contributed by atoms with van der Waals surface area (Å²) < 4.78 is 0. The van der Waals surface area contributed by atoms with Crippen LogP contribution in [0.15, 0.2) is 60.7 Å². The highest BCUT2D eigenvalue weighted by Crippen LogP contribution is 2.24. The van der Waals surface area contributed by atoms with Crippen molar-refractivity contribution in [1.29, 1.82) is 0 Å². The van der Waals surface area contributed by atoms with Crippen LogP contribution in [0.4, 0.5) is 22.7 Å². The lowest BCUT2D eigenvalue weighted by atomic mass is 10.0. The summed E-state index contributed by atoms with van der Waals surface area (Å²) in [6, 6.07) is 17.7. The Bertz CT molecular complexity index is 1070. The summed E-state index contributed by atoms with van der Waals surface area (Å²) in [5, 5.41) is 5.95. The van der Waals surface area contributed by atoms with Gasteiger partial charge >= 0.3 is 0 Å². The first-order valence-electron chi connectivity index (χ1n) is 11.9. The molecule has 178 valence electrons.